The van der Waals surface area contributed by atoms with Crippen molar-refractivity contribution in [1.29, 1.82) is 0 Å². The maximum atomic E-state index is 5.44. The average molecular weight is 314 g/mol. The zero-order valence-corrected chi connectivity index (χ0v) is 12.5. The average Bonchev–Trinajstić information content (AvgIpc) is 2.42. The minimum absolute atomic E-state index is 0.370. The van der Waals surface area contributed by atoms with Gasteiger partial charge in [0.2, 0.25) is 0 Å². The topological polar surface area (TPSA) is 30.5 Å². The molecule has 1 aromatic carbocycles. The Labute approximate surface area is 117 Å². The Morgan fingerprint density at radius 1 is 1.39 bits per heavy atom. The molecule has 1 heterocycles. The van der Waals surface area contributed by atoms with Crippen LogP contribution in [0.3, 0.4) is 0 Å². The summed E-state index contributed by atoms with van der Waals surface area (Å²) in [6.45, 7) is 1.74. The molecule has 1 N–H and O–H groups in total. The monoisotopic (exact) mass is 313 g/mol. The van der Waals surface area contributed by atoms with Crippen LogP contribution >= 0.6 is 15.9 Å². The quantitative estimate of drug-likeness (QED) is 0.926. The molecule has 0 radical (unpaired) electrons. The highest BCUT2D eigenvalue weighted by Crippen LogP contribution is 2.35. The second kappa shape index (κ2) is 6.55. The first-order valence-electron chi connectivity index (χ1n) is 6.34. The van der Waals surface area contributed by atoms with Crippen molar-refractivity contribution >= 4 is 15.9 Å². The molecule has 100 valence electrons. The summed E-state index contributed by atoms with van der Waals surface area (Å²) in [5, 5.41) is 3.44. The van der Waals surface area contributed by atoms with E-state index in [4.69, 9.17) is 9.47 Å². The lowest BCUT2D eigenvalue weighted by atomic mass is 9.87. The summed E-state index contributed by atoms with van der Waals surface area (Å²) in [4.78, 5) is 0. The van der Waals surface area contributed by atoms with E-state index < -0.39 is 0 Å². The summed E-state index contributed by atoms with van der Waals surface area (Å²) in [5.74, 6) is 1.51. The first kappa shape index (κ1) is 13.8. The van der Waals surface area contributed by atoms with Gasteiger partial charge in [0.15, 0.2) is 0 Å². The molecule has 0 aliphatic carbocycles. The van der Waals surface area contributed by atoms with E-state index in [-0.39, 0.29) is 0 Å². The van der Waals surface area contributed by atoms with Gasteiger partial charge in [-0.3, -0.25) is 0 Å². The van der Waals surface area contributed by atoms with Gasteiger partial charge in [0.05, 0.1) is 7.11 Å². The van der Waals surface area contributed by atoms with Crippen LogP contribution in [0.15, 0.2) is 22.7 Å². The van der Waals surface area contributed by atoms with Crippen LogP contribution in [-0.2, 0) is 4.74 Å². The lowest BCUT2D eigenvalue weighted by molar-refractivity contribution is 0.0545. The highest BCUT2D eigenvalue weighted by molar-refractivity contribution is 9.10. The Balaban J connectivity index is 2.20. The molecule has 1 unspecified atom stereocenters. The fourth-order valence-corrected chi connectivity index (χ4v) is 3.19. The molecule has 1 atom stereocenters. The second-order valence-electron chi connectivity index (χ2n) is 4.60. The summed E-state index contributed by atoms with van der Waals surface area (Å²) >= 11 is 3.64. The van der Waals surface area contributed by atoms with E-state index in [0.717, 1.165) is 36.3 Å². The van der Waals surface area contributed by atoms with Gasteiger partial charge in [-0.1, -0.05) is 22.0 Å². The van der Waals surface area contributed by atoms with Gasteiger partial charge in [-0.25, -0.2) is 0 Å². The predicted octanol–water partition coefficient (Wildman–Crippen LogP) is 3.14. The molecule has 0 amide bonds. The van der Waals surface area contributed by atoms with Crippen molar-refractivity contribution in [3.8, 4) is 5.75 Å². The van der Waals surface area contributed by atoms with E-state index in [1.165, 1.54) is 5.56 Å². The minimum Gasteiger partial charge on any atom is -0.497 e. The minimum atomic E-state index is 0.370. The highest BCUT2D eigenvalue weighted by atomic mass is 79.9. The molecule has 0 bridgehead atoms. The normalized spacial score (nSPS) is 18.6. The third kappa shape index (κ3) is 3.05. The fraction of sp³-hybridized carbons (Fsp3) is 0.571. The lowest BCUT2D eigenvalue weighted by Gasteiger charge is -2.31. The van der Waals surface area contributed by atoms with Gasteiger partial charge in [0, 0.05) is 23.7 Å². The molecule has 0 spiro atoms. The number of nitrogens with one attached hydrogen (secondary N) is 1. The van der Waals surface area contributed by atoms with Gasteiger partial charge < -0.3 is 14.8 Å². The number of halogens is 1. The van der Waals surface area contributed by atoms with Gasteiger partial charge in [0.1, 0.15) is 5.75 Å². The molecular formula is C14H20BrNO2. The highest BCUT2D eigenvalue weighted by Gasteiger charge is 2.25. The fourth-order valence-electron chi connectivity index (χ4n) is 2.58. The molecule has 0 saturated carbocycles. The Kier molecular flexibility index (Phi) is 5.03. The molecule has 1 aromatic rings. The number of benzene rings is 1. The molecule has 2 rings (SSSR count). The maximum Gasteiger partial charge on any atom is 0.120 e. The van der Waals surface area contributed by atoms with Crippen molar-refractivity contribution < 1.29 is 9.47 Å². The van der Waals surface area contributed by atoms with E-state index in [1.54, 1.807) is 7.11 Å². The number of methoxy groups -OCH3 is 1. The van der Waals surface area contributed by atoms with E-state index in [0.29, 0.717) is 12.0 Å². The smallest absolute Gasteiger partial charge is 0.120 e. The Morgan fingerprint density at radius 2 is 2.11 bits per heavy atom. The first-order chi connectivity index (χ1) is 8.76. The standard InChI is InChI=1S/C14H20BrNO2/c1-16-14(10-5-7-18-8-6-10)12-4-3-11(17-2)9-13(12)15/h3-4,9-10,14,16H,5-8H2,1-2H3. The molecule has 1 fully saturated rings. The maximum absolute atomic E-state index is 5.44. The van der Waals surface area contributed by atoms with E-state index in [2.05, 4.69) is 27.3 Å². The molecule has 4 heteroatoms. The van der Waals surface area contributed by atoms with Crippen LogP contribution in [0.2, 0.25) is 0 Å². The van der Waals surface area contributed by atoms with Crippen LogP contribution in [0.4, 0.5) is 0 Å². The zero-order chi connectivity index (χ0) is 13.0. The number of rotatable bonds is 4. The van der Waals surface area contributed by atoms with E-state index >= 15 is 0 Å². The molecule has 18 heavy (non-hydrogen) atoms. The Bertz CT molecular complexity index is 391. The van der Waals surface area contributed by atoms with Crippen molar-refractivity contribution in [2.75, 3.05) is 27.4 Å². The van der Waals surface area contributed by atoms with Crippen molar-refractivity contribution in [2.45, 2.75) is 18.9 Å². The lowest BCUT2D eigenvalue weighted by Crippen LogP contribution is -2.30. The third-order valence-electron chi connectivity index (χ3n) is 3.59. The molecular weight excluding hydrogens is 294 g/mol. The molecule has 1 saturated heterocycles. The molecule has 1 aliphatic rings. The van der Waals surface area contributed by atoms with Crippen LogP contribution < -0.4 is 10.1 Å². The predicted molar refractivity (Wildman–Crippen MR) is 76.0 cm³/mol. The third-order valence-corrected chi connectivity index (χ3v) is 4.28. The van der Waals surface area contributed by atoms with Crippen LogP contribution in [-0.4, -0.2) is 27.4 Å². The van der Waals surface area contributed by atoms with Crippen molar-refractivity contribution in [2.24, 2.45) is 5.92 Å². The second-order valence-corrected chi connectivity index (χ2v) is 5.46. The van der Waals surface area contributed by atoms with Gasteiger partial charge in [-0.2, -0.15) is 0 Å². The van der Waals surface area contributed by atoms with Crippen molar-refractivity contribution in [3.05, 3.63) is 28.2 Å². The van der Waals surface area contributed by atoms with Crippen molar-refractivity contribution in [3.63, 3.8) is 0 Å². The summed E-state index contributed by atoms with van der Waals surface area (Å²) in [6.07, 6.45) is 2.23. The summed E-state index contributed by atoms with van der Waals surface area (Å²) in [7, 11) is 3.71. The van der Waals surface area contributed by atoms with Crippen LogP contribution in [0.25, 0.3) is 0 Å². The zero-order valence-electron chi connectivity index (χ0n) is 10.9. The van der Waals surface area contributed by atoms with Gasteiger partial charge in [0.25, 0.3) is 0 Å². The largest absolute Gasteiger partial charge is 0.497 e. The van der Waals surface area contributed by atoms with E-state index in [1.807, 2.05) is 19.2 Å². The molecule has 3 nitrogen and oxygen atoms in total. The Morgan fingerprint density at radius 3 is 2.67 bits per heavy atom. The summed E-state index contributed by atoms with van der Waals surface area (Å²) in [6, 6.07) is 6.55. The number of hydrogen-bond donors (Lipinski definition) is 1. The van der Waals surface area contributed by atoms with Gasteiger partial charge >= 0.3 is 0 Å². The number of hydrogen-bond acceptors (Lipinski definition) is 3. The summed E-state index contributed by atoms with van der Waals surface area (Å²) in [5.41, 5.74) is 1.30. The first-order valence-corrected chi connectivity index (χ1v) is 7.14. The van der Waals surface area contributed by atoms with Crippen LogP contribution in [0.5, 0.6) is 5.75 Å². The van der Waals surface area contributed by atoms with Crippen LogP contribution in [0, 0.1) is 5.92 Å². The van der Waals surface area contributed by atoms with Gasteiger partial charge in [-0.05, 0) is 43.5 Å². The Hall–Kier alpha value is -0.580. The SMILES string of the molecule is CNC(c1ccc(OC)cc1Br)C1CCOCC1. The number of ether oxygens (including phenoxy) is 2. The summed E-state index contributed by atoms with van der Waals surface area (Å²) < 4.78 is 11.8. The molecule has 0 aromatic heterocycles. The molecule has 1 aliphatic heterocycles. The van der Waals surface area contributed by atoms with Crippen LogP contribution in [0.1, 0.15) is 24.4 Å². The van der Waals surface area contributed by atoms with E-state index in [9.17, 15) is 0 Å². The van der Waals surface area contributed by atoms with Gasteiger partial charge in [-0.15, -0.1) is 0 Å². The van der Waals surface area contributed by atoms with Crippen molar-refractivity contribution in [1.82, 2.24) is 5.32 Å².